The van der Waals surface area contributed by atoms with E-state index in [4.69, 9.17) is 4.74 Å². The first-order valence-electron chi connectivity index (χ1n) is 8.54. The molecular formula is C20H21BrN2O3. The molecule has 0 aromatic heterocycles. The number of methoxy groups -OCH3 is 1. The topological polar surface area (TPSA) is 58.6 Å². The van der Waals surface area contributed by atoms with Crippen molar-refractivity contribution in [3.05, 3.63) is 64.1 Å². The SMILES string of the molecule is CCC[C@]1(c2ccccc2)NC(=O)N(Cc2cc(Br)ccc2OC)C1=O. The number of carbonyl (C=O) groups is 2. The van der Waals surface area contributed by atoms with E-state index < -0.39 is 5.54 Å². The molecule has 136 valence electrons. The van der Waals surface area contributed by atoms with Gasteiger partial charge in [-0.3, -0.25) is 9.69 Å². The Balaban J connectivity index is 1.97. The molecule has 0 aliphatic carbocycles. The summed E-state index contributed by atoms with van der Waals surface area (Å²) in [5.41, 5.74) is 0.571. The van der Waals surface area contributed by atoms with Gasteiger partial charge in [-0.2, -0.15) is 0 Å². The number of halogens is 1. The van der Waals surface area contributed by atoms with E-state index in [1.165, 1.54) is 4.90 Å². The fourth-order valence-electron chi connectivity index (χ4n) is 3.42. The number of nitrogens with zero attached hydrogens (tertiary/aromatic N) is 1. The van der Waals surface area contributed by atoms with Crippen LogP contribution in [-0.4, -0.2) is 23.9 Å². The summed E-state index contributed by atoms with van der Waals surface area (Å²) in [6.45, 7) is 2.16. The van der Waals surface area contributed by atoms with Crippen LogP contribution in [0.2, 0.25) is 0 Å². The number of hydrogen-bond acceptors (Lipinski definition) is 3. The van der Waals surface area contributed by atoms with Crippen molar-refractivity contribution in [2.45, 2.75) is 31.8 Å². The molecule has 1 aliphatic heterocycles. The van der Waals surface area contributed by atoms with Crippen molar-refractivity contribution in [3.63, 3.8) is 0 Å². The van der Waals surface area contributed by atoms with Gasteiger partial charge in [-0.1, -0.05) is 59.6 Å². The van der Waals surface area contributed by atoms with Gasteiger partial charge in [-0.15, -0.1) is 0 Å². The molecule has 1 aliphatic rings. The van der Waals surface area contributed by atoms with Crippen LogP contribution in [0.4, 0.5) is 4.79 Å². The molecule has 3 amide bonds. The van der Waals surface area contributed by atoms with Gasteiger partial charge in [0.25, 0.3) is 5.91 Å². The molecule has 0 bridgehead atoms. The zero-order valence-corrected chi connectivity index (χ0v) is 16.4. The van der Waals surface area contributed by atoms with E-state index in [1.54, 1.807) is 7.11 Å². The van der Waals surface area contributed by atoms with Gasteiger partial charge in [0.15, 0.2) is 0 Å². The second kappa shape index (κ2) is 7.50. The zero-order valence-electron chi connectivity index (χ0n) is 14.8. The standard InChI is InChI=1S/C20H21BrN2O3/c1-3-11-20(15-7-5-4-6-8-15)18(24)23(19(25)22-20)13-14-12-16(21)9-10-17(14)26-2/h4-10,12H,3,11,13H2,1-2H3,(H,22,25)/t20-/m1/s1. The van der Waals surface area contributed by atoms with Crippen LogP contribution in [0.25, 0.3) is 0 Å². The molecule has 1 saturated heterocycles. The smallest absolute Gasteiger partial charge is 0.325 e. The Kier molecular flexibility index (Phi) is 5.32. The van der Waals surface area contributed by atoms with Crippen LogP contribution in [0, 0.1) is 0 Å². The molecule has 1 N–H and O–H groups in total. The Morgan fingerprint density at radius 1 is 1.15 bits per heavy atom. The van der Waals surface area contributed by atoms with Gasteiger partial charge >= 0.3 is 6.03 Å². The van der Waals surface area contributed by atoms with Crippen LogP contribution < -0.4 is 10.1 Å². The van der Waals surface area contributed by atoms with Crippen molar-refractivity contribution in [1.82, 2.24) is 10.2 Å². The number of carbonyl (C=O) groups excluding carboxylic acids is 2. The van der Waals surface area contributed by atoms with Gasteiger partial charge in [0.2, 0.25) is 0 Å². The maximum absolute atomic E-state index is 13.3. The predicted octanol–water partition coefficient (Wildman–Crippen LogP) is 4.21. The van der Waals surface area contributed by atoms with Crippen LogP contribution >= 0.6 is 15.9 Å². The lowest BCUT2D eigenvalue weighted by Gasteiger charge is -2.27. The van der Waals surface area contributed by atoms with E-state index in [0.717, 1.165) is 22.0 Å². The highest BCUT2D eigenvalue weighted by atomic mass is 79.9. The van der Waals surface area contributed by atoms with Crippen molar-refractivity contribution in [1.29, 1.82) is 0 Å². The predicted molar refractivity (Wildman–Crippen MR) is 103 cm³/mol. The van der Waals surface area contributed by atoms with Crippen molar-refractivity contribution in [2.24, 2.45) is 0 Å². The highest BCUT2D eigenvalue weighted by molar-refractivity contribution is 9.10. The largest absolute Gasteiger partial charge is 0.496 e. The van der Waals surface area contributed by atoms with Crippen LogP contribution in [0.15, 0.2) is 53.0 Å². The van der Waals surface area contributed by atoms with Crippen LogP contribution in [-0.2, 0) is 16.9 Å². The molecule has 5 nitrogen and oxygen atoms in total. The van der Waals surface area contributed by atoms with Crippen molar-refractivity contribution < 1.29 is 14.3 Å². The summed E-state index contributed by atoms with van der Waals surface area (Å²) in [6, 6.07) is 14.6. The molecule has 0 radical (unpaired) electrons. The average molecular weight is 417 g/mol. The summed E-state index contributed by atoms with van der Waals surface area (Å²) in [7, 11) is 1.57. The van der Waals surface area contributed by atoms with Crippen molar-refractivity contribution in [3.8, 4) is 5.75 Å². The summed E-state index contributed by atoms with van der Waals surface area (Å²) < 4.78 is 6.24. The van der Waals surface area contributed by atoms with Crippen LogP contribution in [0.1, 0.15) is 30.9 Å². The first-order valence-corrected chi connectivity index (χ1v) is 9.33. The van der Waals surface area contributed by atoms with Gasteiger partial charge in [-0.05, 0) is 30.2 Å². The fraction of sp³-hybridized carbons (Fsp3) is 0.300. The monoisotopic (exact) mass is 416 g/mol. The zero-order chi connectivity index (χ0) is 18.7. The Labute approximate surface area is 161 Å². The third kappa shape index (κ3) is 3.21. The average Bonchev–Trinajstić information content (AvgIpc) is 2.88. The second-order valence-corrected chi connectivity index (χ2v) is 7.21. The van der Waals surface area contributed by atoms with Gasteiger partial charge in [-0.25, -0.2) is 4.79 Å². The molecule has 26 heavy (non-hydrogen) atoms. The van der Waals surface area contributed by atoms with Crippen LogP contribution in [0.3, 0.4) is 0 Å². The number of urea groups is 1. The van der Waals surface area contributed by atoms with E-state index in [1.807, 2.05) is 55.5 Å². The Bertz CT molecular complexity index is 825. The van der Waals surface area contributed by atoms with Gasteiger partial charge in [0.1, 0.15) is 11.3 Å². The Morgan fingerprint density at radius 3 is 2.54 bits per heavy atom. The molecular weight excluding hydrogens is 396 g/mol. The molecule has 2 aromatic rings. The van der Waals surface area contributed by atoms with Gasteiger partial charge in [0.05, 0.1) is 13.7 Å². The highest BCUT2D eigenvalue weighted by Crippen LogP contribution is 2.35. The Hall–Kier alpha value is -2.34. The summed E-state index contributed by atoms with van der Waals surface area (Å²) in [5.74, 6) is 0.416. The van der Waals surface area contributed by atoms with E-state index in [-0.39, 0.29) is 18.5 Å². The number of nitrogens with one attached hydrogen (secondary N) is 1. The minimum Gasteiger partial charge on any atom is -0.496 e. The third-order valence-electron chi connectivity index (χ3n) is 4.64. The molecule has 1 atom stereocenters. The molecule has 2 aromatic carbocycles. The van der Waals surface area contributed by atoms with Gasteiger partial charge < -0.3 is 10.1 Å². The normalized spacial score (nSPS) is 19.6. The molecule has 0 spiro atoms. The molecule has 6 heteroatoms. The number of benzene rings is 2. The number of ether oxygens (including phenoxy) is 1. The highest BCUT2D eigenvalue weighted by Gasteiger charge is 2.51. The second-order valence-electron chi connectivity index (χ2n) is 6.30. The number of amides is 3. The quantitative estimate of drug-likeness (QED) is 0.717. The van der Waals surface area contributed by atoms with Gasteiger partial charge in [0, 0.05) is 10.0 Å². The lowest BCUT2D eigenvalue weighted by atomic mass is 9.85. The van der Waals surface area contributed by atoms with Crippen LogP contribution in [0.5, 0.6) is 5.75 Å². The minimum atomic E-state index is -1.01. The fourth-order valence-corrected chi connectivity index (χ4v) is 3.83. The first kappa shape index (κ1) is 18.5. The van der Waals surface area contributed by atoms with E-state index in [2.05, 4.69) is 21.2 Å². The van der Waals surface area contributed by atoms with E-state index in [9.17, 15) is 9.59 Å². The molecule has 3 rings (SSSR count). The number of hydrogen-bond donors (Lipinski definition) is 1. The minimum absolute atomic E-state index is 0.158. The van der Waals surface area contributed by atoms with Crippen molar-refractivity contribution in [2.75, 3.05) is 7.11 Å². The number of rotatable bonds is 6. The summed E-state index contributed by atoms with van der Waals surface area (Å²) in [5, 5.41) is 2.94. The van der Waals surface area contributed by atoms with E-state index in [0.29, 0.717) is 12.2 Å². The number of imide groups is 1. The molecule has 0 saturated carbocycles. The third-order valence-corrected chi connectivity index (χ3v) is 5.13. The molecule has 0 unspecified atom stereocenters. The Morgan fingerprint density at radius 2 is 1.88 bits per heavy atom. The summed E-state index contributed by atoms with van der Waals surface area (Å²) in [6.07, 6.45) is 1.32. The molecule has 1 heterocycles. The summed E-state index contributed by atoms with van der Waals surface area (Å²) >= 11 is 3.43. The maximum atomic E-state index is 13.3. The lowest BCUT2D eigenvalue weighted by Crippen LogP contribution is -2.43. The maximum Gasteiger partial charge on any atom is 0.325 e. The first-order chi connectivity index (χ1) is 12.5. The van der Waals surface area contributed by atoms with E-state index >= 15 is 0 Å². The lowest BCUT2D eigenvalue weighted by molar-refractivity contribution is -0.132. The summed E-state index contributed by atoms with van der Waals surface area (Å²) in [4.78, 5) is 27.3. The molecule has 1 fully saturated rings. The van der Waals surface area contributed by atoms with Crippen molar-refractivity contribution >= 4 is 27.9 Å².